The lowest BCUT2D eigenvalue weighted by molar-refractivity contribution is -0.147. The predicted molar refractivity (Wildman–Crippen MR) is 98.7 cm³/mol. The molecule has 0 bridgehead atoms. The number of esters is 1. The highest BCUT2D eigenvalue weighted by atomic mass is 19.1. The number of benzene rings is 2. The molecule has 0 saturated carbocycles. The SMILES string of the molecule is CCCC(=O)OCC(O)CN(Cc1ccc(F)cc1)Cc1ccc(F)cc1F. The summed E-state index contributed by atoms with van der Waals surface area (Å²) in [7, 11) is 0. The van der Waals surface area contributed by atoms with Crippen LogP contribution in [0, 0.1) is 17.5 Å². The third-order valence-corrected chi connectivity index (χ3v) is 4.09. The Morgan fingerprint density at radius 1 is 1.07 bits per heavy atom. The van der Waals surface area contributed by atoms with Gasteiger partial charge in [0.25, 0.3) is 0 Å². The first-order valence-electron chi connectivity index (χ1n) is 9.11. The van der Waals surface area contributed by atoms with Crippen LogP contribution >= 0.6 is 0 Å². The summed E-state index contributed by atoms with van der Waals surface area (Å²) in [5.74, 6) is -2.12. The van der Waals surface area contributed by atoms with Crippen LogP contribution < -0.4 is 0 Å². The number of rotatable bonds is 10. The number of aliphatic hydroxyl groups is 1. The van der Waals surface area contributed by atoms with E-state index in [1.807, 2.05) is 6.92 Å². The lowest BCUT2D eigenvalue weighted by atomic mass is 10.1. The average Bonchev–Trinajstić information content (AvgIpc) is 2.64. The van der Waals surface area contributed by atoms with Gasteiger partial charge in [-0.05, 0) is 30.2 Å². The summed E-state index contributed by atoms with van der Waals surface area (Å²) >= 11 is 0. The van der Waals surface area contributed by atoms with E-state index in [4.69, 9.17) is 4.74 Å². The molecule has 4 nitrogen and oxygen atoms in total. The minimum atomic E-state index is -0.982. The van der Waals surface area contributed by atoms with Gasteiger partial charge in [0.1, 0.15) is 30.2 Å². The molecule has 1 unspecified atom stereocenters. The lowest BCUT2D eigenvalue weighted by Crippen LogP contribution is -2.35. The van der Waals surface area contributed by atoms with Crippen LogP contribution in [0.4, 0.5) is 13.2 Å². The molecule has 0 saturated heterocycles. The van der Waals surface area contributed by atoms with Crippen molar-refractivity contribution in [1.82, 2.24) is 4.90 Å². The van der Waals surface area contributed by atoms with E-state index in [0.717, 1.165) is 17.7 Å². The van der Waals surface area contributed by atoms with Crippen molar-refractivity contribution >= 4 is 5.97 Å². The van der Waals surface area contributed by atoms with Crippen LogP contribution in [-0.2, 0) is 22.6 Å². The molecule has 0 aromatic heterocycles. The Morgan fingerprint density at radius 3 is 2.39 bits per heavy atom. The van der Waals surface area contributed by atoms with Gasteiger partial charge in [-0.2, -0.15) is 0 Å². The first-order chi connectivity index (χ1) is 13.4. The molecule has 1 atom stereocenters. The van der Waals surface area contributed by atoms with Gasteiger partial charge in [-0.3, -0.25) is 9.69 Å². The Balaban J connectivity index is 2.06. The van der Waals surface area contributed by atoms with Crippen LogP contribution in [0.1, 0.15) is 30.9 Å². The van der Waals surface area contributed by atoms with Gasteiger partial charge in [-0.25, -0.2) is 13.2 Å². The van der Waals surface area contributed by atoms with Crippen LogP contribution in [0.5, 0.6) is 0 Å². The van der Waals surface area contributed by atoms with Gasteiger partial charge < -0.3 is 9.84 Å². The zero-order chi connectivity index (χ0) is 20.5. The summed E-state index contributed by atoms with van der Waals surface area (Å²) in [6.45, 7) is 2.16. The van der Waals surface area contributed by atoms with Crippen LogP contribution in [0.25, 0.3) is 0 Å². The van der Waals surface area contributed by atoms with E-state index in [9.17, 15) is 23.1 Å². The van der Waals surface area contributed by atoms with Gasteiger partial charge >= 0.3 is 5.97 Å². The summed E-state index contributed by atoms with van der Waals surface area (Å²) < 4.78 is 45.3. The van der Waals surface area contributed by atoms with Crippen molar-refractivity contribution in [1.29, 1.82) is 0 Å². The highest BCUT2D eigenvalue weighted by Crippen LogP contribution is 2.15. The molecule has 152 valence electrons. The molecule has 2 aromatic carbocycles. The molecule has 0 fully saturated rings. The average molecular weight is 395 g/mol. The molecule has 0 aliphatic carbocycles. The molecular weight excluding hydrogens is 371 g/mol. The minimum Gasteiger partial charge on any atom is -0.463 e. The summed E-state index contributed by atoms with van der Waals surface area (Å²) in [4.78, 5) is 13.2. The van der Waals surface area contributed by atoms with Crippen LogP contribution in [0.15, 0.2) is 42.5 Å². The van der Waals surface area contributed by atoms with E-state index in [2.05, 4.69) is 0 Å². The van der Waals surface area contributed by atoms with E-state index in [-0.39, 0.29) is 37.5 Å². The quantitative estimate of drug-likeness (QED) is 0.622. The number of carbonyl (C=O) groups is 1. The Morgan fingerprint density at radius 2 is 1.75 bits per heavy atom. The van der Waals surface area contributed by atoms with Gasteiger partial charge in [0.2, 0.25) is 0 Å². The second-order valence-electron chi connectivity index (χ2n) is 6.62. The highest BCUT2D eigenvalue weighted by molar-refractivity contribution is 5.69. The minimum absolute atomic E-state index is 0.0909. The normalized spacial score (nSPS) is 12.2. The highest BCUT2D eigenvalue weighted by Gasteiger charge is 2.17. The van der Waals surface area contributed by atoms with Crippen molar-refractivity contribution in [3.8, 4) is 0 Å². The van der Waals surface area contributed by atoms with E-state index < -0.39 is 23.7 Å². The summed E-state index contributed by atoms with van der Waals surface area (Å²) in [5.41, 5.74) is 1.03. The maximum absolute atomic E-state index is 14.0. The Labute approximate surface area is 162 Å². The fourth-order valence-corrected chi connectivity index (χ4v) is 2.74. The molecule has 0 radical (unpaired) electrons. The van der Waals surface area contributed by atoms with E-state index in [1.165, 1.54) is 18.2 Å². The summed E-state index contributed by atoms with van der Waals surface area (Å²) in [6.07, 6.45) is -0.0628. The van der Waals surface area contributed by atoms with Gasteiger partial charge in [-0.15, -0.1) is 0 Å². The van der Waals surface area contributed by atoms with Crippen molar-refractivity contribution in [2.24, 2.45) is 0 Å². The second-order valence-corrected chi connectivity index (χ2v) is 6.62. The second kappa shape index (κ2) is 10.8. The number of nitrogens with zero attached hydrogens (tertiary/aromatic N) is 1. The van der Waals surface area contributed by atoms with Crippen molar-refractivity contribution < 1.29 is 27.8 Å². The molecule has 1 N–H and O–H groups in total. The third-order valence-electron chi connectivity index (χ3n) is 4.09. The summed E-state index contributed by atoms with van der Waals surface area (Å²) in [5, 5.41) is 10.2. The lowest BCUT2D eigenvalue weighted by Gasteiger charge is -2.25. The zero-order valence-corrected chi connectivity index (χ0v) is 15.7. The third kappa shape index (κ3) is 7.32. The molecule has 2 rings (SSSR count). The fraction of sp³-hybridized carbons (Fsp3) is 0.381. The molecule has 2 aromatic rings. The van der Waals surface area contributed by atoms with Gasteiger partial charge in [-0.1, -0.05) is 25.1 Å². The number of hydrogen-bond acceptors (Lipinski definition) is 4. The zero-order valence-electron chi connectivity index (χ0n) is 15.7. The number of aliphatic hydroxyl groups excluding tert-OH is 1. The number of halogens is 3. The topological polar surface area (TPSA) is 49.8 Å². The number of ether oxygens (including phenoxy) is 1. The Bertz CT molecular complexity index is 768. The number of hydrogen-bond donors (Lipinski definition) is 1. The summed E-state index contributed by atoms with van der Waals surface area (Å²) in [6, 6.07) is 9.12. The molecule has 0 aliphatic rings. The molecule has 7 heteroatoms. The maximum atomic E-state index is 14.0. The molecule has 0 heterocycles. The van der Waals surface area contributed by atoms with Crippen molar-refractivity contribution in [3.63, 3.8) is 0 Å². The van der Waals surface area contributed by atoms with Gasteiger partial charge in [0, 0.05) is 37.7 Å². The smallest absolute Gasteiger partial charge is 0.305 e. The van der Waals surface area contributed by atoms with Crippen molar-refractivity contribution in [2.75, 3.05) is 13.2 Å². The van der Waals surface area contributed by atoms with E-state index in [0.29, 0.717) is 13.0 Å². The molecule has 0 spiro atoms. The predicted octanol–water partition coefficient (Wildman–Crippen LogP) is 3.81. The Kier molecular flexibility index (Phi) is 8.47. The van der Waals surface area contributed by atoms with Crippen molar-refractivity contribution in [2.45, 2.75) is 39.0 Å². The van der Waals surface area contributed by atoms with Crippen molar-refractivity contribution in [3.05, 3.63) is 71.0 Å². The molecule has 28 heavy (non-hydrogen) atoms. The van der Waals surface area contributed by atoms with E-state index in [1.54, 1.807) is 17.0 Å². The van der Waals surface area contributed by atoms with Crippen LogP contribution in [0.2, 0.25) is 0 Å². The first kappa shape index (κ1) is 21.9. The molecule has 0 amide bonds. The van der Waals surface area contributed by atoms with Crippen LogP contribution in [-0.4, -0.2) is 35.2 Å². The standard InChI is InChI=1S/C21H24F3NO3/c1-2-3-21(27)28-14-19(26)13-25(11-15-4-7-17(22)8-5-15)12-16-6-9-18(23)10-20(16)24/h4-10,19,26H,2-3,11-14H2,1H3. The first-order valence-corrected chi connectivity index (χ1v) is 9.11. The largest absolute Gasteiger partial charge is 0.463 e. The van der Waals surface area contributed by atoms with Gasteiger partial charge in [0.05, 0.1) is 0 Å². The van der Waals surface area contributed by atoms with Crippen LogP contribution in [0.3, 0.4) is 0 Å². The van der Waals surface area contributed by atoms with E-state index >= 15 is 0 Å². The molecule has 0 aliphatic heterocycles. The maximum Gasteiger partial charge on any atom is 0.305 e. The molecular formula is C21H24F3NO3. The Hall–Kier alpha value is -2.38. The number of carbonyl (C=O) groups excluding carboxylic acids is 1. The fourth-order valence-electron chi connectivity index (χ4n) is 2.74. The monoisotopic (exact) mass is 395 g/mol. The van der Waals surface area contributed by atoms with Gasteiger partial charge in [0.15, 0.2) is 0 Å².